The van der Waals surface area contributed by atoms with Crippen LogP contribution >= 0.6 is 0 Å². The number of aliphatic hydroxyl groups is 1. The van der Waals surface area contributed by atoms with Gasteiger partial charge in [-0.2, -0.15) is 0 Å². The number of fused-ring (bicyclic) bond motifs is 1. The van der Waals surface area contributed by atoms with E-state index in [1.54, 1.807) is 0 Å². The van der Waals surface area contributed by atoms with Gasteiger partial charge in [0.1, 0.15) is 0 Å². The van der Waals surface area contributed by atoms with Gasteiger partial charge in [-0.3, -0.25) is 14.8 Å². The van der Waals surface area contributed by atoms with Crippen LogP contribution in [0.15, 0.2) is 66.7 Å². The zero-order valence-electron chi connectivity index (χ0n) is 16.4. The molecule has 1 saturated heterocycles. The van der Waals surface area contributed by atoms with Crippen LogP contribution in [0.25, 0.3) is 10.9 Å². The average Bonchev–Trinajstić information content (AvgIpc) is 2.74. The summed E-state index contributed by atoms with van der Waals surface area (Å²) in [6.45, 7) is 5.25. The van der Waals surface area contributed by atoms with E-state index in [-0.39, 0.29) is 6.61 Å². The number of hydrogen-bond donors (Lipinski definition) is 1. The molecule has 0 saturated carbocycles. The summed E-state index contributed by atoms with van der Waals surface area (Å²) in [7, 11) is 0. The first-order valence-corrected chi connectivity index (χ1v) is 10.3. The van der Waals surface area contributed by atoms with Crippen LogP contribution in [0.1, 0.15) is 17.7 Å². The van der Waals surface area contributed by atoms with Crippen molar-refractivity contribution < 1.29 is 5.11 Å². The second-order valence-electron chi connectivity index (χ2n) is 7.67. The lowest BCUT2D eigenvalue weighted by Gasteiger charge is -2.41. The normalized spacial score (nSPS) is 18.5. The molecule has 146 valence electrons. The number of para-hydroxylation sites is 1. The van der Waals surface area contributed by atoms with Crippen molar-refractivity contribution in [1.29, 1.82) is 0 Å². The quantitative estimate of drug-likeness (QED) is 0.687. The van der Waals surface area contributed by atoms with Crippen LogP contribution < -0.4 is 0 Å². The van der Waals surface area contributed by atoms with Crippen LogP contribution in [0.2, 0.25) is 0 Å². The van der Waals surface area contributed by atoms with Crippen LogP contribution in [0.5, 0.6) is 0 Å². The zero-order valence-corrected chi connectivity index (χ0v) is 16.4. The molecule has 0 amide bonds. The Morgan fingerprint density at radius 1 is 0.929 bits per heavy atom. The molecule has 1 unspecified atom stereocenters. The molecule has 1 fully saturated rings. The molecular formula is C24H29N3O. The van der Waals surface area contributed by atoms with Crippen LogP contribution in [0.3, 0.4) is 0 Å². The van der Waals surface area contributed by atoms with Crippen molar-refractivity contribution in [3.8, 4) is 0 Å². The van der Waals surface area contributed by atoms with Gasteiger partial charge in [0.25, 0.3) is 0 Å². The highest BCUT2D eigenvalue weighted by Crippen LogP contribution is 2.18. The topological polar surface area (TPSA) is 39.6 Å². The monoisotopic (exact) mass is 375 g/mol. The number of benzene rings is 2. The fourth-order valence-corrected chi connectivity index (χ4v) is 4.16. The lowest BCUT2D eigenvalue weighted by atomic mass is 10.1. The molecule has 4 heteroatoms. The third-order valence-corrected chi connectivity index (χ3v) is 5.72. The highest BCUT2D eigenvalue weighted by atomic mass is 16.3. The van der Waals surface area contributed by atoms with Gasteiger partial charge in [-0.1, -0.05) is 54.6 Å². The summed E-state index contributed by atoms with van der Waals surface area (Å²) < 4.78 is 0. The average molecular weight is 376 g/mol. The van der Waals surface area contributed by atoms with Crippen LogP contribution in [0.4, 0.5) is 0 Å². The number of rotatable bonds is 7. The van der Waals surface area contributed by atoms with Gasteiger partial charge < -0.3 is 5.11 Å². The Balaban J connectivity index is 1.37. The number of aromatic nitrogens is 1. The summed E-state index contributed by atoms with van der Waals surface area (Å²) in [5, 5.41) is 10.7. The van der Waals surface area contributed by atoms with E-state index in [9.17, 15) is 5.11 Å². The van der Waals surface area contributed by atoms with Crippen molar-refractivity contribution in [2.75, 3.05) is 32.8 Å². The molecule has 0 aliphatic carbocycles. The molecule has 0 radical (unpaired) electrons. The molecule has 1 aliphatic rings. The van der Waals surface area contributed by atoms with E-state index in [0.717, 1.165) is 56.8 Å². The Morgan fingerprint density at radius 3 is 2.61 bits per heavy atom. The first kappa shape index (κ1) is 19.1. The molecule has 3 aromatic rings. The van der Waals surface area contributed by atoms with Gasteiger partial charge in [0, 0.05) is 50.8 Å². The van der Waals surface area contributed by atoms with Gasteiger partial charge in [-0.05, 0) is 30.5 Å². The highest BCUT2D eigenvalue weighted by molar-refractivity contribution is 5.78. The number of aliphatic hydroxyl groups excluding tert-OH is 1. The molecule has 1 N–H and O–H groups in total. The minimum absolute atomic E-state index is 0.245. The maximum atomic E-state index is 9.56. The maximum absolute atomic E-state index is 9.56. The Hall–Kier alpha value is -2.27. The van der Waals surface area contributed by atoms with Gasteiger partial charge in [-0.15, -0.1) is 0 Å². The third kappa shape index (κ3) is 4.76. The van der Waals surface area contributed by atoms with E-state index in [1.807, 2.05) is 6.07 Å². The van der Waals surface area contributed by atoms with Crippen molar-refractivity contribution in [3.63, 3.8) is 0 Å². The van der Waals surface area contributed by atoms with Crippen molar-refractivity contribution in [1.82, 2.24) is 14.8 Å². The number of piperazine rings is 1. The first-order valence-electron chi connectivity index (χ1n) is 10.3. The number of pyridine rings is 1. The van der Waals surface area contributed by atoms with Gasteiger partial charge in [0.05, 0.1) is 11.2 Å². The smallest absolute Gasteiger partial charge is 0.0705 e. The van der Waals surface area contributed by atoms with Gasteiger partial charge in [-0.25, -0.2) is 0 Å². The lowest BCUT2D eigenvalue weighted by molar-refractivity contribution is 0.0556. The Labute approximate surface area is 167 Å². The number of nitrogens with zero attached hydrogens (tertiary/aromatic N) is 3. The van der Waals surface area contributed by atoms with Crippen molar-refractivity contribution in [2.24, 2.45) is 0 Å². The van der Waals surface area contributed by atoms with Crippen LogP contribution in [-0.4, -0.2) is 58.7 Å². The zero-order chi connectivity index (χ0) is 19.2. The number of hydrogen-bond acceptors (Lipinski definition) is 4. The second-order valence-corrected chi connectivity index (χ2v) is 7.67. The van der Waals surface area contributed by atoms with E-state index < -0.39 is 0 Å². The minimum atomic E-state index is 0.245. The third-order valence-electron chi connectivity index (χ3n) is 5.72. The van der Waals surface area contributed by atoms with Gasteiger partial charge >= 0.3 is 0 Å². The molecular weight excluding hydrogens is 346 g/mol. The first-order chi connectivity index (χ1) is 13.8. The summed E-state index contributed by atoms with van der Waals surface area (Å²) >= 11 is 0. The standard InChI is InChI=1S/C24H29N3O/c28-17-13-23-19-26(15-16-27(23)14-12-20-6-2-1-3-7-20)18-22-11-10-21-8-4-5-9-24(21)25-22/h1-11,23,28H,12-19H2. The molecule has 4 nitrogen and oxygen atoms in total. The summed E-state index contributed by atoms with van der Waals surface area (Å²) in [4.78, 5) is 9.86. The van der Waals surface area contributed by atoms with E-state index in [2.05, 4.69) is 70.5 Å². The lowest BCUT2D eigenvalue weighted by Crippen LogP contribution is -2.53. The summed E-state index contributed by atoms with van der Waals surface area (Å²) in [5.74, 6) is 0. The Morgan fingerprint density at radius 2 is 1.75 bits per heavy atom. The largest absolute Gasteiger partial charge is 0.396 e. The molecule has 1 atom stereocenters. The second kappa shape index (κ2) is 9.28. The predicted octanol–water partition coefficient (Wildman–Crippen LogP) is 3.35. The SMILES string of the molecule is OCCC1CN(Cc2ccc3ccccc3n2)CCN1CCc1ccccc1. The summed E-state index contributed by atoms with van der Waals surface area (Å²) in [6.07, 6.45) is 1.89. The Bertz CT molecular complexity index is 883. The van der Waals surface area contributed by atoms with Gasteiger partial charge in [0.15, 0.2) is 0 Å². The maximum Gasteiger partial charge on any atom is 0.0705 e. The van der Waals surface area contributed by atoms with Crippen molar-refractivity contribution >= 4 is 10.9 Å². The Kier molecular flexibility index (Phi) is 6.32. The summed E-state index contributed by atoms with van der Waals surface area (Å²) in [6, 6.07) is 23.7. The molecule has 2 heterocycles. The minimum Gasteiger partial charge on any atom is -0.396 e. The molecule has 28 heavy (non-hydrogen) atoms. The molecule has 2 aromatic carbocycles. The molecule has 0 spiro atoms. The van der Waals surface area contributed by atoms with Gasteiger partial charge in [0.2, 0.25) is 0 Å². The van der Waals surface area contributed by atoms with E-state index >= 15 is 0 Å². The molecule has 1 aliphatic heterocycles. The summed E-state index contributed by atoms with van der Waals surface area (Å²) in [5.41, 5.74) is 3.57. The van der Waals surface area contributed by atoms with E-state index in [1.165, 1.54) is 10.9 Å². The van der Waals surface area contributed by atoms with Crippen LogP contribution in [0, 0.1) is 0 Å². The van der Waals surface area contributed by atoms with Crippen molar-refractivity contribution in [2.45, 2.75) is 25.4 Å². The van der Waals surface area contributed by atoms with E-state index in [4.69, 9.17) is 4.98 Å². The molecule has 1 aromatic heterocycles. The fourth-order valence-electron chi connectivity index (χ4n) is 4.16. The fraction of sp³-hybridized carbons (Fsp3) is 0.375. The molecule has 4 rings (SSSR count). The van der Waals surface area contributed by atoms with Crippen molar-refractivity contribution in [3.05, 3.63) is 78.0 Å². The van der Waals surface area contributed by atoms with Crippen LogP contribution in [-0.2, 0) is 13.0 Å². The predicted molar refractivity (Wildman–Crippen MR) is 114 cm³/mol. The van der Waals surface area contributed by atoms with E-state index in [0.29, 0.717) is 6.04 Å². The molecule has 0 bridgehead atoms. The highest BCUT2D eigenvalue weighted by Gasteiger charge is 2.26.